The van der Waals surface area contributed by atoms with Crippen LogP contribution in [0.4, 0.5) is 0 Å². The summed E-state index contributed by atoms with van der Waals surface area (Å²) in [5.74, 6) is 1.60. The van der Waals surface area contributed by atoms with Crippen molar-refractivity contribution in [2.45, 2.75) is 37.7 Å². The Morgan fingerprint density at radius 1 is 1.29 bits per heavy atom. The average Bonchev–Trinajstić information content (AvgIpc) is 2.55. The molecule has 1 amide bonds. The molecule has 24 heavy (non-hydrogen) atoms. The van der Waals surface area contributed by atoms with Crippen molar-refractivity contribution in [2.24, 2.45) is 5.92 Å². The molecule has 1 aromatic carbocycles. The van der Waals surface area contributed by atoms with Crippen LogP contribution in [-0.2, 0) is 20.4 Å². The van der Waals surface area contributed by atoms with Gasteiger partial charge in [-0.1, -0.05) is 44.2 Å². The zero-order valence-electron chi connectivity index (χ0n) is 14.5. The predicted molar refractivity (Wildman–Crippen MR) is 101 cm³/mol. The highest BCUT2D eigenvalue weighted by Crippen LogP contribution is 2.21. The van der Waals surface area contributed by atoms with Gasteiger partial charge in [-0.3, -0.25) is 4.79 Å². The van der Waals surface area contributed by atoms with E-state index in [-0.39, 0.29) is 17.6 Å². The van der Waals surface area contributed by atoms with E-state index in [2.05, 4.69) is 0 Å². The maximum absolute atomic E-state index is 12.4. The highest BCUT2D eigenvalue weighted by Gasteiger charge is 2.32. The molecule has 1 aliphatic rings. The normalized spacial score (nSPS) is 18.8. The first-order valence-electron chi connectivity index (χ1n) is 8.49. The van der Waals surface area contributed by atoms with Crippen LogP contribution in [0.2, 0.25) is 0 Å². The smallest absolute Gasteiger partial charge is 0.232 e. The molecule has 1 atom stereocenters. The van der Waals surface area contributed by atoms with E-state index in [0.29, 0.717) is 25.3 Å². The van der Waals surface area contributed by atoms with Gasteiger partial charge in [-0.25, -0.2) is 8.42 Å². The van der Waals surface area contributed by atoms with Gasteiger partial charge in [0.1, 0.15) is 0 Å². The number of piperidine rings is 1. The van der Waals surface area contributed by atoms with Crippen LogP contribution in [-0.4, -0.2) is 49.1 Å². The fourth-order valence-corrected chi connectivity index (χ4v) is 6.00. The zero-order valence-corrected chi connectivity index (χ0v) is 16.1. The van der Waals surface area contributed by atoms with Crippen molar-refractivity contribution >= 4 is 27.5 Å². The van der Waals surface area contributed by atoms with Crippen molar-refractivity contribution in [2.75, 3.05) is 24.6 Å². The Balaban J connectivity index is 1.84. The molecule has 134 valence electrons. The summed E-state index contributed by atoms with van der Waals surface area (Å²) in [6, 6.07) is 10.1. The Kier molecular flexibility index (Phi) is 7.16. The number of rotatable bonds is 7. The number of carbonyl (C=O) groups excluding carboxylic acids is 1. The topological polar surface area (TPSA) is 54.5 Å². The van der Waals surface area contributed by atoms with Gasteiger partial charge in [0.15, 0.2) is 9.84 Å². The SMILES string of the molecule is CC(C)CS(=O)(=O)C1CCCN(C(=O)CSCc2ccccc2)C1. The van der Waals surface area contributed by atoms with Gasteiger partial charge in [0.2, 0.25) is 5.91 Å². The highest BCUT2D eigenvalue weighted by atomic mass is 32.2. The molecule has 1 unspecified atom stereocenters. The second-order valence-corrected chi connectivity index (χ2v) is 10.1. The maximum atomic E-state index is 12.4. The van der Waals surface area contributed by atoms with Gasteiger partial charge in [0.05, 0.1) is 16.8 Å². The third kappa shape index (κ3) is 5.81. The summed E-state index contributed by atoms with van der Waals surface area (Å²) < 4.78 is 24.8. The fourth-order valence-electron chi connectivity index (χ4n) is 2.98. The van der Waals surface area contributed by atoms with Crippen molar-refractivity contribution < 1.29 is 13.2 Å². The number of carbonyl (C=O) groups is 1. The van der Waals surface area contributed by atoms with E-state index >= 15 is 0 Å². The molecule has 0 N–H and O–H groups in total. The lowest BCUT2D eigenvalue weighted by atomic mass is 10.1. The first-order valence-corrected chi connectivity index (χ1v) is 11.4. The first kappa shape index (κ1) is 19.3. The molecule has 0 spiro atoms. The summed E-state index contributed by atoms with van der Waals surface area (Å²) >= 11 is 1.59. The largest absolute Gasteiger partial charge is 0.341 e. The van der Waals surface area contributed by atoms with Crippen molar-refractivity contribution in [3.63, 3.8) is 0 Å². The molecule has 0 aliphatic carbocycles. The summed E-state index contributed by atoms with van der Waals surface area (Å²) in [5.41, 5.74) is 1.20. The van der Waals surface area contributed by atoms with E-state index in [0.717, 1.165) is 12.2 Å². The van der Waals surface area contributed by atoms with E-state index in [9.17, 15) is 13.2 Å². The highest BCUT2D eigenvalue weighted by molar-refractivity contribution is 7.99. The summed E-state index contributed by atoms with van der Waals surface area (Å²) in [7, 11) is -3.11. The van der Waals surface area contributed by atoms with E-state index in [1.165, 1.54) is 5.56 Å². The quantitative estimate of drug-likeness (QED) is 0.741. The third-order valence-corrected chi connectivity index (χ3v) is 7.66. The monoisotopic (exact) mass is 369 g/mol. The van der Waals surface area contributed by atoms with Gasteiger partial charge in [0, 0.05) is 18.8 Å². The van der Waals surface area contributed by atoms with Crippen LogP contribution in [0.25, 0.3) is 0 Å². The summed E-state index contributed by atoms with van der Waals surface area (Å²) in [4.78, 5) is 14.1. The number of hydrogen-bond acceptors (Lipinski definition) is 4. The van der Waals surface area contributed by atoms with E-state index in [4.69, 9.17) is 0 Å². The van der Waals surface area contributed by atoms with Gasteiger partial charge >= 0.3 is 0 Å². The van der Waals surface area contributed by atoms with E-state index in [1.54, 1.807) is 16.7 Å². The molecule has 0 radical (unpaired) electrons. The van der Waals surface area contributed by atoms with Crippen LogP contribution >= 0.6 is 11.8 Å². The summed E-state index contributed by atoms with van der Waals surface area (Å²) in [6.45, 7) is 4.88. The molecule has 0 bridgehead atoms. The van der Waals surface area contributed by atoms with E-state index < -0.39 is 15.1 Å². The number of amides is 1. The van der Waals surface area contributed by atoms with Crippen LogP contribution in [0.3, 0.4) is 0 Å². The second-order valence-electron chi connectivity index (χ2n) is 6.81. The second kappa shape index (κ2) is 8.90. The predicted octanol–water partition coefficient (Wildman–Crippen LogP) is 2.98. The number of benzene rings is 1. The van der Waals surface area contributed by atoms with Gasteiger partial charge in [0.25, 0.3) is 0 Å². The van der Waals surface area contributed by atoms with Gasteiger partial charge in [-0.05, 0) is 24.3 Å². The Hall–Kier alpha value is -1.01. The number of thioether (sulfide) groups is 1. The molecule has 0 aromatic heterocycles. The lowest BCUT2D eigenvalue weighted by molar-refractivity contribution is -0.129. The Morgan fingerprint density at radius 3 is 2.67 bits per heavy atom. The first-order chi connectivity index (χ1) is 11.4. The number of sulfone groups is 1. The average molecular weight is 370 g/mol. The number of nitrogens with zero attached hydrogens (tertiary/aromatic N) is 1. The van der Waals surface area contributed by atoms with Crippen molar-refractivity contribution in [3.05, 3.63) is 35.9 Å². The molecule has 2 rings (SSSR count). The minimum absolute atomic E-state index is 0.0559. The standard InChI is InChI=1S/C18H27NO3S2/c1-15(2)14-24(21,22)17-9-6-10-19(11-17)18(20)13-23-12-16-7-4-3-5-8-16/h3-5,7-8,15,17H,6,9-14H2,1-2H3. The van der Waals surface area contributed by atoms with Gasteiger partial charge in [-0.2, -0.15) is 0 Å². The zero-order chi connectivity index (χ0) is 17.6. The maximum Gasteiger partial charge on any atom is 0.232 e. The Labute approximate surface area is 149 Å². The van der Waals surface area contributed by atoms with Crippen LogP contribution in [0, 0.1) is 5.92 Å². The third-order valence-electron chi connectivity index (χ3n) is 4.14. The Bertz CT molecular complexity index is 629. The molecule has 1 saturated heterocycles. The fraction of sp³-hybridized carbons (Fsp3) is 0.611. The van der Waals surface area contributed by atoms with Crippen LogP contribution in [0.5, 0.6) is 0 Å². The number of hydrogen-bond donors (Lipinski definition) is 0. The van der Waals surface area contributed by atoms with Crippen LogP contribution in [0.1, 0.15) is 32.3 Å². The molecule has 1 aromatic rings. The lowest BCUT2D eigenvalue weighted by Crippen LogP contribution is -2.46. The molecule has 1 aliphatic heterocycles. The molecule has 4 nitrogen and oxygen atoms in total. The lowest BCUT2D eigenvalue weighted by Gasteiger charge is -2.32. The van der Waals surface area contributed by atoms with Crippen LogP contribution < -0.4 is 0 Å². The summed E-state index contributed by atoms with van der Waals surface area (Å²) in [5, 5.41) is -0.392. The van der Waals surface area contributed by atoms with Crippen LogP contribution in [0.15, 0.2) is 30.3 Å². The molecule has 6 heteroatoms. The minimum atomic E-state index is -3.11. The van der Waals surface area contributed by atoms with Gasteiger partial charge in [-0.15, -0.1) is 11.8 Å². The molecular formula is C18H27NO3S2. The van der Waals surface area contributed by atoms with E-state index in [1.807, 2.05) is 44.2 Å². The van der Waals surface area contributed by atoms with Crippen molar-refractivity contribution in [1.29, 1.82) is 0 Å². The molecule has 0 saturated carbocycles. The van der Waals surface area contributed by atoms with Crippen molar-refractivity contribution in [1.82, 2.24) is 4.90 Å². The molecular weight excluding hydrogens is 342 g/mol. The summed E-state index contributed by atoms with van der Waals surface area (Å²) in [6.07, 6.45) is 1.45. The molecule has 1 heterocycles. The van der Waals surface area contributed by atoms with Gasteiger partial charge < -0.3 is 4.90 Å². The number of likely N-dealkylation sites (tertiary alicyclic amines) is 1. The van der Waals surface area contributed by atoms with Crippen molar-refractivity contribution in [3.8, 4) is 0 Å². The molecule has 1 fully saturated rings. The minimum Gasteiger partial charge on any atom is -0.341 e. The Morgan fingerprint density at radius 2 is 2.00 bits per heavy atom.